The van der Waals surface area contributed by atoms with Crippen LogP contribution in [0.25, 0.3) is 10.1 Å². The van der Waals surface area contributed by atoms with Crippen molar-refractivity contribution < 1.29 is 4.79 Å². The van der Waals surface area contributed by atoms with Crippen molar-refractivity contribution in [2.75, 3.05) is 7.05 Å². The van der Waals surface area contributed by atoms with E-state index in [0.29, 0.717) is 5.92 Å². The second-order valence-corrected chi connectivity index (χ2v) is 9.01. The van der Waals surface area contributed by atoms with Crippen molar-refractivity contribution in [3.8, 4) is 0 Å². The van der Waals surface area contributed by atoms with E-state index in [4.69, 9.17) is 10.7 Å². The largest absolute Gasteiger partial charge is 0.369 e. The maximum absolute atomic E-state index is 13.3. The Morgan fingerprint density at radius 2 is 1.82 bits per heavy atom. The topological polar surface area (TPSA) is 58.7 Å². The lowest BCUT2D eigenvalue weighted by Gasteiger charge is -2.41. The first-order chi connectivity index (χ1) is 13.5. The van der Waals surface area contributed by atoms with Crippen LogP contribution in [-0.4, -0.2) is 23.8 Å². The van der Waals surface area contributed by atoms with E-state index in [-0.39, 0.29) is 11.9 Å². The summed E-state index contributed by atoms with van der Waals surface area (Å²) in [5.74, 6) is 0.539. The lowest BCUT2D eigenvalue weighted by Crippen LogP contribution is -2.52. The molecule has 5 heteroatoms. The van der Waals surface area contributed by atoms with Gasteiger partial charge in [0.2, 0.25) is 5.91 Å². The van der Waals surface area contributed by atoms with E-state index in [9.17, 15) is 4.79 Å². The van der Waals surface area contributed by atoms with Crippen LogP contribution in [0.15, 0.2) is 58.9 Å². The van der Waals surface area contributed by atoms with Crippen LogP contribution in [0.1, 0.15) is 48.3 Å². The minimum atomic E-state index is -0.745. The zero-order chi connectivity index (χ0) is 19.5. The summed E-state index contributed by atoms with van der Waals surface area (Å²) in [5.41, 5.74) is 8.77. The highest BCUT2D eigenvalue weighted by Crippen LogP contribution is 2.46. The lowest BCUT2D eigenvalue weighted by molar-refractivity contribution is -0.130. The fourth-order valence-corrected chi connectivity index (χ4v) is 5.05. The number of benzene rings is 2. The highest BCUT2D eigenvalue weighted by Gasteiger charge is 2.47. The highest BCUT2D eigenvalue weighted by molar-refractivity contribution is 7.17. The number of guanidine groups is 1. The van der Waals surface area contributed by atoms with Crippen LogP contribution in [0.5, 0.6) is 0 Å². The number of rotatable bonds is 3. The van der Waals surface area contributed by atoms with Gasteiger partial charge in [0.1, 0.15) is 5.54 Å². The third-order valence-corrected chi connectivity index (χ3v) is 7.08. The van der Waals surface area contributed by atoms with Gasteiger partial charge in [-0.1, -0.05) is 30.3 Å². The normalized spacial score (nSPS) is 25.2. The highest BCUT2D eigenvalue weighted by atomic mass is 32.1. The van der Waals surface area contributed by atoms with Gasteiger partial charge in [-0.05, 0) is 71.3 Å². The molecule has 1 aromatic heterocycles. The molecule has 0 bridgehead atoms. The summed E-state index contributed by atoms with van der Waals surface area (Å²) in [6.45, 7) is 2.03. The summed E-state index contributed by atoms with van der Waals surface area (Å²) >= 11 is 1.71. The van der Waals surface area contributed by atoms with Gasteiger partial charge in [0.15, 0.2) is 5.96 Å². The molecule has 142 valence electrons. The fourth-order valence-electron chi connectivity index (χ4n) is 4.28. The Morgan fingerprint density at radius 1 is 1.11 bits per heavy atom. The molecule has 1 aliphatic carbocycles. The molecule has 28 heavy (non-hydrogen) atoms. The second kappa shape index (κ2) is 6.17. The van der Waals surface area contributed by atoms with Crippen molar-refractivity contribution in [3.63, 3.8) is 0 Å². The summed E-state index contributed by atoms with van der Waals surface area (Å²) in [6, 6.07) is 17.0. The Hall–Kier alpha value is -2.66. The number of aliphatic imine (C=N–C) groups is 1. The first-order valence-electron chi connectivity index (χ1n) is 9.68. The Balaban J connectivity index is 1.65. The molecule has 4 nitrogen and oxygen atoms in total. The van der Waals surface area contributed by atoms with Gasteiger partial charge >= 0.3 is 0 Å². The number of likely N-dealkylation sites (N-methyl/N-ethyl adjacent to an activating group) is 1. The fraction of sp³-hybridized carbons (Fsp3) is 0.304. The molecule has 2 heterocycles. The number of fused-ring (bicyclic) bond motifs is 1. The van der Waals surface area contributed by atoms with E-state index in [1.807, 2.05) is 6.92 Å². The molecule has 0 unspecified atom stereocenters. The summed E-state index contributed by atoms with van der Waals surface area (Å²) in [7, 11) is 1.70. The molecule has 1 amide bonds. The Bertz CT molecular complexity index is 1100. The Morgan fingerprint density at radius 3 is 2.54 bits per heavy atom. The van der Waals surface area contributed by atoms with E-state index < -0.39 is 11.5 Å². The minimum Gasteiger partial charge on any atom is -0.369 e. The maximum Gasteiger partial charge on any atom is 0.239 e. The van der Waals surface area contributed by atoms with Gasteiger partial charge in [-0.2, -0.15) is 0 Å². The van der Waals surface area contributed by atoms with Gasteiger partial charge < -0.3 is 5.73 Å². The van der Waals surface area contributed by atoms with Crippen molar-refractivity contribution in [1.82, 2.24) is 4.90 Å². The molecule has 0 radical (unpaired) electrons. The predicted molar refractivity (Wildman–Crippen MR) is 115 cm³/mol. The number of hydrogen-bond donors (Lipinski definition) is 1. The monoisotopic (exact) mass is 389 g/mol. The zero-order valence-electron chi connectivity index (χ0n) is 16.1. The number of nitrogens with zero attached hydrogens (tertiary/aromatic N) is 2. The van der Waals surface area contributed by atoms with Crippen molar-refractivity contribution in [2.24, 2.45) is 10.7 Å². The molecule has 5 rings (SSSR count). The molecule has 2 aliphatic rings. The third kappa shape index (κ3) is 2.65. The van der Waals surface area contributed by atoms with Gasteiger partial charge in [-0.3, -0.25) is 9.69 Å². The van der Waals surface area contributed by atoms with Gasteiger partial charge in [-0.15, -0.1) is 11.3 Å². The Kier molecular flexibility index (Phi) is 3.85. The molecule has 3 aromatic rings. The number of hydrogen-bond acceptors (Lipinski definition) is 4. The first-order valence-corrected chi connectivity index (χ1v) is 10.6. The molecule has 2 atom stereocenters. The maximum atomic E-state index is 13.3. The third-order valence-electron chi connectivity index (χ3n) is 6.19. The molecule has 0 saturated heterocycles. The van der Waals surface area contributed by atoms with Crippen LogP contribution in [0.3, 0.4) is 0 Å². The SMILES string of the molecule is CN1C(=O)[C@@H](c2ccc(C3CC3)cc2)[C@@](C)(c2ccc3sccc3c2)N=C1N. The van der Waals surface area contributed by atoms with Crippen molar-refractivity contribution in [3.05, 3.63) is 70.6 Å². The molecule has 1 fully saturated rings. The van der Waals surface area contributed by atoms with Gasteiger partial charge in [-0.25, -0.2) is 4.99 Å². The molecular weight excluding hydrogens is 366 g/mol. The minimum absolute atomic E-state index is 0.0143. The van der Waals surface area contributed by atoms with Gasteiger partial charge in [0, 0.05) is 11.7 Å². The first kappa shape index (κ1) is 17.4. The van der Waals surface area contributed by atoms with E-state index >= 15 is 0 Å². The molecule has 0 spiro atoms. The number of carbonyl (C=O) groups is 1. The molecule has 1 saturated carbocycles. The number of amides is 1. The molecule has 2 N–H and O–H groups in total. The summed E-state index contributed by atoms with van der Waals surface area (Å²) in [4.78, 5) is 19.7. The van der Waals surface area contributed by atoms with Crippen molar-refractivity contribution in [1.29, 1.82) is 0 Å². The lowest BCUT2D eigenvalue weighted by atomic mass is 9.74. The van der Waals surface area contributed by atoms with Crippen LogP contribution in [0.2, 0.25) is 0 Å². The average Bonchev–Trinajstić information content (AvgIpc) is 3.43. The smallest absolute Gasteiger partial charge is 0.239 e. The zero-order valence-corrected chi connectivity index (χ0v) is 16.9. The van der Waals surface area contributed by atoms with E-state index in [2.05, 4.69) is 53.9 Å². The number of nitrogens with two attached hydrogens (primary N) is 1. The molecule has 2 aromatic carbocycles. The molecule has 1 aliphatic heterocycles. The van der Waals surface area contributed by atoms with Crippen molar-refractivity contribution >= 4 is 33.3 Å². The van der Waals surface area contributed by atoms with Crippen molar-refractivity contribution in [2.45, 2.75) is 37.1 Å². The Labute approximate surface area is 168 Å². The van der Waals surface area contributed by atoms with E-state index in [1.165, 1.54) is 33.4 Å². The molecular formula is C23H23N3OS. The summed E-state index contributed by atoms with van der Waals surface area (Å²) in [6.07, 6.45) is 2.54. The van der Waals surface area contributed by atoms with Gasteiger partial charge in [0.05, 0.1) is 5.92 Å². The number of thiophene rings is 1. The van der Waals surface area contributed by atoms with Crippen LogP contribution >= 0.6 is 11.3 Å². The summed E-state index contributed by atoms with van der Waals surface area (Å²) in [5, 5.41) is 3.26. The average molecular weight is 390 g/mol. The van der Waals surface area contributed by atoms with Crippen LogP contribution in [0.4, 0.5) is 0 Å². The van der Waals surface area contributed by atoms with Crippen LogP contribution in [0, 0.1) is 0 Å². The number of carbonyl (C=O) groups excluding carboxylic acids is 1. The van der Waals surface area contributed by atoms with Crippen LogP contribution < -0.4 is 5.73 Å². The second-order valence-electron chi connectivity index (χ2n) is 8.06. The van der Waals surface area contributed by atoms with Gasteiger partial charge in [0.25, 0.3) is 0 Å². The van der Waals surface area contributed by atoms with E-state index in [0.717, 1.165) is 11.1 Å². The van der Waals surface area contributed by atoms with Crippen LogP contribution in [-0.2, 0) is 10.3 Å². The quantitative estimate of drug-likeness (QED) is 0.714. The van der Waals surface area contributed by atoms with E-state index in [1.54, 1.807) is 18.4 Å². The standard InChI is InChI=1S/C23H23N3OS/c1-23(18-9-10-19-17(13-18)11-12-28-19)20(21(27)26(2)22(24)25-23)16-7-5-15(6-8-16)14-3-4-14/h5-14,20H,3-4H2,1-2H3,(H2,24,25)/t20-,23-/m1/s1. The summed E-state index contributed by atoms with van der Waals surface area (Å²) < 4.78 is 1.23. The predicted octanol–water partition coefficient (Wildman–Crippen LogP) is 4.56.